The van der Waals surface area contributed by atoms with Gasteiger partial charge in [-0.25, -0.2) is 0 Å². The molecule has 6 nitrogen and oxygen atoms in total. The summed E-state index contributed by atoms with van der Waals surface area (Å²) in [5.74, 6) is -1.12. The molecule has 4 bridgehead atoms. The van der Waals surface area contributed by atoms with Gasteiger partial charge in [-0.1, -0.05) is 49.7 Å². The van der Waals surface area contributed by atoms with Crippen LogP contribution in [0.4, 0.5) is 0 Å². The average molecular weight is 501 g/mol. The van der Waals surface area contributed by atoms with Crippen molar-refractivity contribution in [1.82, 2.24) is 0 Å². The van der Waals surface area contributed by atoms with Crippen LogP contribution in [0, 0.1) is 23.2 Å². The van der Waals surface area contributed by atoms with Gasteiger partial charge in [-0.2, -0.15) is 0 Å². The number of alkyl halides is 1. The number of hydrogen-bond donors (Lipinski definition) is 0. The minimum Gasteiger partial charge on any atom is -0.469 e. The first-order valence-corrected chi connectivity index (χ1v) is 14.4. The van der Waals surface area contributed by atoms with Crippen LogP contribution in [-0.4, -0.2) is 57.1 Å². The fraction of sp³-hybridized carbons (Fsp3) is 0.818. The van der Waals surface area contributed by atoms with E-state index in [-0.39, 0.29) is 41.0 Å². The molecule has 0 spiro atoms. The van der Waals surface area contributed by atoms with Crippen LogP contribution in [0.2, 0.25) is 18.1 Å². The monoisotopic (exact) mass is 500 g/mol. The summed E-state index contributed by atoms with van der Waals surface area (Å²) in [5, 5.41) is 0.0539. The Balaban J connectivity index is 1.78. The van der Waals surface area contributed by atoms with Crippen molar-refractivity contribution in [2.24, 2.45) is 23.2 Å². The lowest BCUT2D eigenvalue weighted by atomic mass is 9.51. The van der Waals surface area contributed by atoms with Gasteiger partial charge in [0.15, 0.2) is 12.6 Å². The SMILES string of the molecule is COC(=O)[C@H]1C=C2C3CC4OCC(C2C4(Br)C(=O)O3)[C@]1(C)CO[Si](C)(C)C(C)(C)C. The molecule has 7 atom stereocenters. The zero-order chi connectivity index (χ0) is 22.3. The van der Waals surface area contributed by atoms with E-state index in [1.807, 2.05) is 6.08 Å². The van der Waals surface area contributed by atoms with Crippen molar-refractivity contribution in [3.8, 4) is 0 Å². The van der Waals surface area contributed by atoms with Crippen molar-refractivity contribution in [2.45, 2.75) is 68.8 Å². The number of carbonyl (C=O) groups excluding carboxylic acids is 2. The average Bonchev–Trinajstić information content (AvgIpc) is 2.65. The Morgan fingerprint density at radius 3 is 2.63 bits per heavy atom. The highest BCUT2D eigenvalue weighted by Crippen LogP contribution is 2.63. The van der Waals surface area contributed by atoms with E-state index in [0.29, 0.717) is 19.6 Å². The highest BCUT2D eigenvalue weighted by atomic mass is 79.9. The summed E-state index contributed by atoms with van der Waals surface area (Å²) in [4.78, 5) is 25.8. The summed E-state index contributed by atoms with van der Waals surface area (Å²) in [7, 11) is -0.624. The Hall–Kier alpha value is -0.703. The van der Waals surface area contributed by atoms with E-state index in [9.17, 15) is 9.59 Å². The van der Waals surface area contributed by atoms with Crippen LogP contribution < -0.4 is 0 Å². The maximum Gasteiger partial charge on any atom is 0.326 e. The number of fused-ring (bicyclic) bond motifs is 1. The molecule has 3 heterocycles. The summed E-state index contributed by atoms with van der Waals surface area (Å²) in [6, 6.07) is 0. The predicted octanol–water partition coefficient (Wildman–Crippen LogP) is 3.84. The van der Waals surface area contributed by atoms with Crippen LogP contribution in [0.1, 0.15) is 34.1 Å². The minimum absolute atomic E-state index is 0.0539. The fourth-order valence-electron chi connectivity index (χ4n) is 5.38. The number of ether oxygens (including phenoxy) is 3. The number of hydrogen-bond acceptors (Lipinski definition) is 6. The number of halogens is 1. The van der Waals surface area contributed by atoms with Gasteiger partial charge in [0.05, 0.1) is 25.7 Å². The summed E-state index contributed by atoms with van der Waals surface area (Å²) >= 11 is 3.76. The van der Waals surface area contributed by atoms with Crippen LogP contribution in [0.15, 0.2) is 11.6 Å². The van der Waals surface area contributed by atoms with E-state index >= 15 is 0 Å². The number of rotatable bonds is 4. The van der Waals surface area contributed by atoms with Crippen molar-refractivity contribution in [2.75, 3.05) is 20.3 Å². The van der Waals surface area contributed by atoms with Gasteiger partial charge in [-0.3, -0.25) is 9.59 Å². The van der Waals surface area contributed by atoms with E-state index in [0.717, 1.165) is 5.57 Å². The fourth-order valence-corrected chi connectivity index (χ4v) is 7.48. The topological polar surface area (TPSA) is 71.1 Å². The number of methoxy groups -OCH3 is 1. The smallest absolute Gasteiger partial charge is 0.326 e. The molecule has 0 N–H and O–H groups in total. The Kier molecular flexibility index (Phi) is 5.17. The van der Waals surface area contributed by atoms with Crippen LogP contribution in [0.5, 0.6) is 0 Å². The van der Waals surface area contributed by atoms with Gasteiger partial charge in [-0.05, 0) is 29.6 Å². The molecular weight excluding hydrogens is 468 g/mol. The first kappa shape index (κ1) is 22.5. The first-order chi connectivity index (χ1) is 13.8. The van der Waals surface area contributed by atoms with Crippen molar-refractivity contribution in [1.29, 1.82) is 0 Å². The summed E-state index contributed by atoms with van der Waals surface area (Å²) in [6.07, 6.45) is 2.10. The van der Waals surface area contributed by atoms with Gasteiger partial charge < -0.3 is 18.6 Å². The molecule has 5 unspecified atom stereocenters. The zero-order valence-corrected chi connectivity index (χ0v) is 21.5. The first-order valence-electron chi connectivity index (χ1n) is 10.7. The molecule has 5 aliphatic rings. The van der Waals surface area contributed by atoms with Gasteiger partial charge >= 0.3 is 11.9 Å². The van der Waals surface area contributed by atoms with Gasteiger partial charge in [0.2, 0.25) is 0 Å². The maximum absolute atomic E-state index is 12.9. The molecule has 2 aliphatic carbocycles. The Morgan fingerprint density at radius 1 is 1.37 bits per heavy atom. The Bertz CT molecular complexity index is 804. The molecule has 0 amide bonds. The molecule has 3 saturated heterocycles. The van der Waals surface area contributed by atoms with Gasteiger partial charge in [0.25, 0.3) is 0 Å². The second kappa shape index (κ2) is 6.90. The molecule has 4 fully saturated rings. The number of carbonyl (C=O) groups is 2. The lowest BCUT2D eigenvalue weighted by Crippen LogP contribution is -2.72. The molecule has 0 aromatic heterocycles. The van der Waals surface area contributed by atoms with Crippen molar-refractivity contribution >= 4 is 36.2 Å². The highest BCUT2D eigenvalue weighted by molar-refractivity contribution is 9.10. The molecule has 0 radical (unpaired) electrons. The lowest BCUT2D eigenvalue weighted by Gasteiger charge is -2.63. The molecule has 5 rings (SSSR count). The van der Waals surface area contributed by atoms with E-state index in [2.05, 4.69) is 56.7 Å². The largest absolute Gasteiger partial charge is 0.469 e. The third-order valence-electron chi connectivity index (χ3n) is 8.44. The quantitative estimate of drug-likeness (QED) is 0.252. The number of esters is 2. The van der Waals surface area contributed by atoms with Crippen LogP contribution in [0.3, 0.4) is 0 Å². The van der Waals surface area contributed by atoms with Crippen molar-refractivity contribution in [3.63, 3.8) is 0 Å². The molecule has 168 valence electrons. The minimum atomic E-state index is -2.05. The molecule has 0 aromatic rings. The highest BCUT2D eigenvalue weighted by Gasteiger charge is 2.71. The molecule has 3 aliphatic heterocycles. The standard InChI is InChI=1S/C22H33BrO6Si/c1-20(2,3)30(6,7)28-11-21(4)13(18(24)26-5)8-12-15-9-16-22(23,19(25)29-15)17(12)14(21)10-27-16/h8,13-17H,9-11H2,1-7H3/t13-,14?,15?,16?,17?,21-,22?/m1/s1. The maximum atomic E-state index is 12.9. The molecule has 1 saturated carbocycles. The Labute approximate surface area is 188 Å². The van der Waals surface area contributed by atoms with Crippen molar-refractivity contribution < 1.29 is 28.2 Å². The summed E-state index contributed by atoms with van der Waals surface area (Å²) in [6.45, 7) is 14.0. The molecule has 8 heteroatoms. The normalized spacial score (nSPS) is 42.5. The molecule has 0 aromatic carbocycles. The van der Waals surface area contributed by atoms with E-state index in [1.165, 1.54) is 7.11 Å². The van der Waals surface area contributed by atoms with Crippen LogP contribution >= 0.6 is 15.9 Å². The third-order valence-corrected chi connectivity index (χ3v) is 14.2. The summed E-state index contributed by atoms with van der Waals surface area (Å²) in [5.41, 5.74) is 0.483. The Morgan fingerprint density at radius 2 is 2.03 bits per heavy atom. The lowest BCUT2D eigenvalue weighted by molar-refractivity contribution is -0.211. The second-order valence-corrected chi connectivity index (χ2v) is 17.1. The van der Waals surface area contributed by atoms with Gasteiger partial charge in [0, 0.05) is 24.4 Å². The van der Waals surface area contributed by atoms with Crippen LogP contribution in [-0.2, 0) is 28.2 Å². The predicted molar refractivity (Wildman–Crippen MR) is 118 cm³/mol. The van der Waals surface area contributed by atoms with Gasteiger partial charge in [-0.15, -0.1) is 0 Å². The van der Waals surface area contributed by atoms with Gasteiger partial charge in [0.1, 0.15) is 6.10 Å². The van der Waals surface area contributed by atoms with E-state index in [1.54, 1.807) is 0 Å². The van der Waals surface area contributed by atoms with Crippen molar-refractivity contribution in [3.05, 3.63) is 11.6 Å². The summed E-state index contributed by atoms with van der Waals surface area (Å²) < 4.78 is 22.9. The third kappa shape index (κ3) is 2.93. The van der Waals surface area contributed by atoms with Crippen LogP contribution in [0.25, 0.3) is 0 Å². The van der Waals surface area contributed by atoms with E-state index in [4.69, 9.17) is 18.6 Å². The second-order valence-electron chi connectivity index (χ2n) is 11.0. The molecular formula is C22H33BrO6Si. The zero-order valence-electron chi connectivity index (χ0n) is 18.9. The molecule has 30 heavy (non-hydrogen) atoms. The van der Waals surface area contributed by atoms with E-state index < -0.39 is 24.0 Å².